The molecule has 4 nitrogen and oxygen atoms in total. The topological polar surface area (TPSA) is 49.4 Å². The van der Waals surface area contributed by atoms with Gasteiger partial charge in [0.1, 0.15) is 0 Å². The second kappa shape index (κ2) is 6.02. The van der Waals surface area contributed by atoms with E-state index >= 15 is 0 Å². The molecule has 0 bridgehead atoms. The van der Waals surface area contributed by atoms with Crippen LogP contribution in [0.2, 0.25) is 5.02 Å². The molecule has 17 heavy (non-hydrogen) atoms. The fourth-order valence-electron chi connectivity index (χ4n) is 1.09. The van der Waals surface area contributed by atoms with Crippen LogP contribution in [0.4, 0.5) is 0 Å². The van der Waals surface area contributed by atoms with Crippen LogP contribution in [-0.4, -0.2) is 37.4 Å². The van der Waals surface area contributed by atoms with Gasteiger partial charge in [-0.15, -0.1) is 0 Å². The smallest absolute Gasteiger partial charge is 0.253 e. The Hall–Kier alpha value is -1.07. The molecule has 0 saturated heterocycles. The number of carbonyl (C=O) groups is 2. The molecule has 0 atom stereocenters. The van der Waals surface area contributed by atoms with Crippen molar-refractivity contribution in [3.63, 3.8) is 0 Å². The summed E-state index contributed by atoms with van der Waals surface area (Å²) in [6.07, 6.45) is 0. The first kappa shape index (κ1) is 14.0. The molecular formula is C11H12BrClN2O2. The van der Waals surface area contributed by atoms with Crippen LogP contribution in [0.5, 0.6) is 0 Å². The molecule has 1 rings (SSSR count). The Bertz CT molecular complexity index is 449. The Balaban J connectivity index is 2.71. The van der Waals surface area contributed by atoms with Crippen molar-refractivity contribution in [2.24, 2.45) is 0 Å². The summed E-state index contributed by atoms with van der Waals surface area (Å²) in [7, 11) is 3.25. The number of benzene rings is 1. The van der Waals surface area contributed by atoms with Gasteiger partial charge in [0.15, 0.2) is 0 Å². The van der Waals surface area contributed by atoms with Crippen molar-refractivity contribution in [3.05, 3.63) is 33.3 Å². The van der Waals surface area contributed by atoms with Gasteiger partial charge in [-0.25, -0.2) is 0 Å². The molecule has 0 aliphatic carbocycles. The van der Waals surface area contributed by atoms with Crippen LogP contribution in [0, 0.1) is 0 Å². The molecule has 2 amide bonds. The van der Waals surface area contributed by atoms with Crippen LogP contribution >= 0.6 is 27.5 Å². The number of rotatable bonds is 3. The van der Waals surface area contributed by atoms with Crippen molar-refractivity contribution in [1.29, 1.82) is 0 Å². The van der Waals surface area contributed by atoms with Crippen molar-refractivity contribution >= 4 is 39.3 Å². The van der Waals surface area contributed by atoms with Gasteiger partial charge in [-0.1, -0.05) is 17.7 Å². The van der Waals surface area contributed by atoms with Crippen LogP contribution in [0.1, 0.15) is 10.4 Å². The average molecular weight is 320 g/mol. The third-order valence-corrected chi connectivity index (χ3v) is 3.39. The lowest BCUT2D eigenvalue weighted by Crippen LogP contribution is -2.36. The van der Waals surface area contributed by atoms with Gasteiger partial charge in [0.25, 0.3) is 5.91 Å². The maximum Gasteiger partial charge on any atom is 0.253 e. The normalized spacial score (nSPS) is 9.88. The maximum absolute atomic E-state index is 11.8. The Morgan fingerprint density at radius 3 is 2.65 bits per heavy atom. The summed E-state index contributed by atoms with van der Waals surface area (Å²) in [5, 5.41) is 2.85. The minimum atomic E-state index is -0.369. The van der Waals surface area contributed by atoms with Gasteiger partial charge in [-0.2, -0.15) is 0 Å². The highest BCUT2D eigenvalue weighted by Crippen LogP contribution is 2.25. The Labute approximate surface area is 113 Å². The summed E-state index contributed by atoms with van der Waals surface area (Å²) in [6.45, 7) is -0.0469. The van der Waals surface area contributed by atoms with Crippen LogP contribution in [0.15, 0.2) is 22.7 Å². The van der Waals surface area contributed by atoms with Gasteiger partial charge in [0.05, 0.1) is 17.1 Å². The van der Waals surface area contributed by atoms with Crippen LogP contribution in [0.25, 0.3) is 0 Å². The molecule has 0 aliphatic heterocycles. The number of halogens is 2. The van der Waals surface area contributed by atoms with E-state index in [1.807, 2.05) is 0 Å². The molecule has 1 aromatic carbocycles. The van der Waals surface area contributed by atoms with Gasteiger partial charge in [-0.3, -0.25) is 9.59 Å². The van der Waals surface area contributed by atoms with Crippen molar-refractivity contribution < 1.29 is 9.59 Å². The van der Waals surface area contributed by atoms with E-state index in [4.69, 9.17) is 11.6 Å². The summed E-state index contributed by atoms with van der Waals surface area (Å²) in [6, 6.07) is 5.05. The molecule has 0 saturated carbocycles. The van der Waals surface area contributed by atoms with E-state index in [0.29, 0.717) is 15.1 Å². The summed E-state index contributed by atoms with van der Waals surface area (Å²) < 4.78 is 0.644. The number of carbonyl (C=O) groups excluding carboxylic acids is 2. The van der Waals surface area contributed by atoms with E-state index in [2.05, 4.69) is 21.2 Å². The molecule has 0 fully saturated rings. The molecular weight excluding hydrogens is 307 g/mol. The van der Waals surface area contributed by atoms with Gasteiger partial charge in [0.2, 0.25) is 5.91 Å². The maximum atomic E-state index is 11.8. The Kier molecular flexibility index (Phi) is 4.96. The number of likely N-dealkylation sites (N-methyl/N-ethyl adjacent to an activating group) is 1. The predicted octanol–water partition coefficient (Wildman–Crippen LogP) is 1.92. The van der Waals surface area contributed by atoms with Crippen molar-refractivity contribution in [2.75, 3.05) is 20.6 Å². The molecule has 0 unspecified atom stereocenters. The first-order chi connectivity index (χ1) is 7.93. The van der Waals surface area contributed by atoms with Gasteiger partial charge in [0, 0.05) is 18.6 Å². The molecule has 92 valence electrons. The predicted molar refractivity (Wildman–Crippen MR) is 70.2 cm³/mol. The molecule has 0 aliphatic rings. The van der Waals surface area contributed by atoms with Gasteiger partial charge >= 0.3 is 0 Å². The zero-order chi connectivity index (χ0) is 13.0. The van der Waals surface area contributed by atoms with Crippen molar-refractivity contribution in [3.8, 4) is 0 Å². The standard InChI is InChI=1S/C11H12BrClN2O2/c1-15(2)9(16)6-14-11(17)7-4-3-5-8(12)10(7)13/h3-5H,6H2,1-2H3,(H,14,17). The lowest BCUT2D eigenvalue weighted by atomic mass is 10.2. The molecule has 1 N–H and O–H groups in total. The van der Waals surface area contributed by atoms with Crippen LogP contribution < -0.4 is 5.32 Å². The van der Waals surface area contributed by atoms with Gasteiger partial charge < -0.3 is 10.2 Å². The van der Waals surface area contributed by atoms with E-state index < -0.39 is 0 Å². The average Bonchev–Trinajstić information content (AvgIpc) is 2.29. The highest BCUT2D eigenvalue weighted by atomic mass is 79.9. The lowest BCUT2D eigenvalue weighted by molar-refractivity contribution is -0.127. The third kappa shape index (κ3) is 3.71. The summed E-state index contributed by atoms with van der Waals surface area (Å²) >= 11 is 9.19. The van der Waals surface area contributed by atoms with Crippen molar-refractivity contribution in [2.45, 2.75) is 0 Å². The largest absolute Gasteiger partial charge is 0.347 e. The zero-order valence-corrected chi connectivity index (χ0v) is 11.8. The molecule has 0 spiro atoms. The summed E-state index contributed by atoms with van der Waals surface area (Å²) in [5.74, 6) is -0.545. The van der Waals surface area contributed by atoms with Gasteiger partial charge in [-0.05, 0) is 28.1 Å². The number of nitrogens with zero attached hydrogens (tertiary/aromatic N) is 1. The fraction of sp³-hybridized carbons (Fsp3) is 0.273. The Morgan fingerprint density at radius 2 is 2.06 bits per heavy atom. The minimum Gasteiger partial charge on any atom is -0.347 e. The molecule has 0 radical (unpaired) electrons. The van der Waals surface area contributed by atoms with E-state index in [-0.39, 0.29) is 18.4 Å². The minimum absolute atomic E-state index is 0.0469. The first-order valence-electron chi connectivity index (χ1n) is 4.86. The molecule has 6 heteroatoms. The van der Waals surface area contributed by atoms with E-state index in [1.165, 1.54) is 4.90 Å². The fourth-order valence-corrected chi connectivity index (χ4v) is 1.67. The number of hydrogen-bond donors (Lipinski definition) is 1. The second-order valence-corrected chi connectivity index (χ2v) is 4.80. The number of nitrogens with one attached hydrogen (secondary N) is 1. The highest BCUT2D eigenvalue weighted by Gasteiger charge is 2.13. The summed E-state index contributed by atoms with van der Waals surface area (Å²) in [5.41, 5.74) is 0.340. The molecule has 1 aromatic rings. The molecule has 0 aromatic heterocycles. The quantitative estimate of drug-likeness (QED) is 0.925. The van der Waals surface area contributed by atoms with Crippen LogP contribution in [-0.2, 0) is 4.79 Å². The van der Waals surface area contributed by atoms with E-state index in [0.717, 1.165) is 0 Å². The first-order valence-corrected chi connectivity index (χ1v) is 6.03. The lowest BCUT2D eigenvalue weighted by Gasteiger charge is -2.11. The molecule has 0 heterocycles. The van der Waals surface area contributed by atoms with E-state index in [9.17, 15) is 9.59 Å². The second-order valence-electron chi connectivity index (χ2n) is 3.57. The monoisotopic (exact) mass is 318 g/mol. The SMILES string of the molecule is CN(C)C(=O)CNC(=O)c1cccc(Br)c1Cl. The van der Waals surface area contributed by atoms with Crippen LogP contribution in [0.3, 0.4) is 0 Å². The number of amides is 2. The zero-order valence-electron chi connectivity index (χ0n) is 9.46. The van der Waals surface area contributed by atoms with E-state index in [1.54, 1.807) is 32.3 Å². The third-order valence-electron chi connectivity index (χ3n) is 2.10. The Morgan fingerprint density at radius 1 is 1.41 bits per heavy atom. The summed E-state index contributed by atoms with van der Waals surface area (Å²) in [4.78, 5) is 24.5. The number of hydrogen-bond acceptors (Lipinski definition) is 2. The van der Waals surface area contributed by atoms with Crippen molar-refractivity contribution in [1.82, 2.24) is 10.2 Å². The highest BCUT2D eigenvalue weighted by molar-refractivity contribution is 9.10.